The third-order valence-corrected chi connectivity index (χ3v) is 7.33. The topological polar surface area (TPSA) is 114 Å². The molecule has 0 atom stereocenters. The number of hydrogen-bond donors (Lipinski definition) is 1. The summed E-state index contributed by atoms with van der Waals surface area (Å²) in [7, 11) is -1.06. The number of ether oxygens (including phenoxy) is 1. The van der Waals surface area contributed by atoms with Gasteiger partial charge in [0.2, 0.25) is 5.88 Å². The summed E-state index contributed by atoms with van der Waals surface area (Å²) in [5, 5.41) is 18.7. The monoisotopic (exact) mass is 492 g/mol. The van der Waals surface area contributed by atoms with E-state index in [1.54, 1.807) is 61.6 Å². The first-order chi connectivity index (χ1) is 16.7. The molecule has 35 heavy (non-hydrogen) atoms. The van der Waals surface area contributed by atoms with Crippen molar-refractivity contribution in [1.82, 2.24) is 4.57 Å². The Bertz CT molecular complexity index is 1530. The van der Waals surface area contributed by atoms with E-state index in [9.17, 15) is 18.3 Å². The van der Waals surface area contributed by atoms with Gasteiger partial charge in [-0.15, -0.1) is 10.2 Å². The molecule has 9 nitrogen and oxygen atoms in total. The summed E-state index contributed by atoms with van der Waals surface area (Å²) in [6.45, 7) is 1.23. The zero-order valence-electron chi connectivity index (χ0n) is 19.4. The Balaban J connectivity index is 1.72. The molecule has 10 heteroatoms. The first kappa shape index (κ1) is 24.0. The van der Waals surface area contributed by atoms with E-state index < -0.39 is 22.5 Å². The lowest BCUT2D eigenvalue weighted by molar-refractivity contribution is -0.116. The summed E-state index contributed by atoms with van der Waals surface area (Å²) >= 11 is 0. The van der Waals surface area contributed by atoms with Gasteiger partial charge >= 0.3 is 0 Å². The molecule has 0 unspecified atom stereocenters. The highest BCUT2D eigenvalue weighted by molar-refractivity contribution is 7.92. The van der Waals surface area contributed by atoms with Gasteiger partial charge in [0.05, 0.1) is 23.2 Å². The number of carbonyl (C=O) groups excluding carboxylic acids is 1. The maximum Gasteiger partial charge on any atom is 0.285 e. The molecule has 0 aliphatic heterocycles. The predicted octanol–water partition coefficient (Wildman–Crippen LogP) is 4.71. The molecule has 0 fully saturated rings. The van der Waals surface area contributed by atoms with E-state index in [4.69, 9.17) is 4.74 Å². The van der Waals surface area contributed by atoms with Gasteiger partial charge in [0.25, 0.3) is 15.9 Å². The first-order valence-electron chi connectivity index (χ1n) is 10.7. The lowest BCUT2D eigenvalue weighted by atomic mass is 10.2. The molecule has 1 aromatic heterocycles. The number of carbonyl (C=O) groups is 1. The summed E-state index contributed by atoms with van der Waals surface area (Å²) in [6, 6.07) is 20.0. The molecule has 0 radical (unpaired) electrons. The number of rotatable bonds is 7. The van der Waals surface area contributed by atoms with Crippen molar-refractivity contribution < 1.29 is 23.1 Å². The summed E-state index contributed by atoms with van der Waals surface area (Å²) in [6.07, 6.45) is 0. The zero-order chi connectivity index (χ0) is 25.2. The van der Waals surface area contributed by atoms with E-state index in [0.29, 0.717) is 10.9 Å². The van der Waals surface area contributed by atoms with Gasteiger partial charge in [0.1, 0.15) is 12.3 Å². The van der Waals surface area contributed by atoms with Crippen molar-refractivity contribution >= 4 is 38.2 Å². The van der Waals surface area contributed by atoms with Crippen LogP contribution in [0.5, 0.6) is 11.6 Å². The second-order valence-electron chi connectivity index (χ2n) is 7.84. The third kappa shape index (κ3) is 4.60. The number of benzene rings is 3. The highest BCUT2D eigenvalue weighted by atomic mass is 32.2. The van der Waals surface area contributed by atoms with Gasteiger partial charge in [-0.1, -0.05) is 48.0 Å². The van der Waals surface area contributed by atoms with E-state index in [0.717, 1.165) is 9.87 Å². The molecule has 4 rings (SSSR count). The Morgan fingerprint density at radius 1 is 1.03 bits per heavy atom. The Morgan fingerprint density at radius 2 is 1.69 bits per heavy atom. The highest BCUT2D eigenvalue weighted by Gasteiger charge is 2.29. The molecule has 180 valence electrons. The highest BCUT2D eigenvalue weighted by Crippen LogP contribution is 2.38. The molecule has 1 heterocycles. The molecule has 0 aliphatic rings. The van der Waals surface area contributed by atoms with Gasteiger partial charge in [-0.25, -0.2) is 8.42 Å². The molecule has 0 saturated heterocycles. The van der Waals surface area contributed by atoms with Crippen molar-refractivity contribution in [2.45, 2.75) is 11.8 Å². The van der Waals surface area contributed by atoms with Crippen molar-refractivity contribution in [2.24, 2.45) is 17.3 Å². The molecule has 1 N–H and O–H groups in total. The van der Waals surface area contributed by atoms with Crippen LogP contribution >= 0.6 is 0 Å². The number of aryl methyl sites for hydroxylation is 2. The number of aromatic hydroxyl groups is 1. The van der Waals surface area contributed by atoms with Gasteiger partial charge in [0.15, 0.2) is 5.69 Å². The Labute approximate surface area is 203 Å². The van der Waals surface area contributed by atoms with Crippen LogP contribution in [0, 0.1) is 6.92 Å². The van der Waals surface area contributed by atoms with Crippen LogP contribution in [-0.2, 0) is 21.9 Å². The minimum absolute atomic E-state index is 0.0189. The van der Waals surface area contributed by atoms with Crippen molar-refractivity contribution in [1.29, 1.82) is 0 Å². The fourth-order valence-corrected chi connectivity index (χ4v) is 5.12. The summed E-state index contributed by atoms with van der Waals surface area (Å²) < 4.78 is 34.9. The van der Waals surface area contributed by atoms with Gasteiger partial charge in [-0.05, 0) is 37.3 Å². The molecule has 4 aromatic rings. The Hall–Kier alpha value is -4.18. The number of anilines is 1. The molecule has 0 bridgehead atoms. The normalized spacial score (nSPS) is 11.7. The van der Waals surface area contributed by atoms with Gasteiger partial charge in [0, 0.05) is 12.4 Å². The second kappa shape index (κ2) is 9.59. The van der Waals surface area contributed by atoms with Crippen molar-refractivity contribution in [3.8, 4) is 11.6 Å². The van der Waals surface area contributed by atoms with Crippen LogP contribution in [0.4, 0.5) is 11.4 Å². The number of fused-ring (bicyclic) bond motifs is 1. The van der Waals surface area contributed by atoms with Crippen LogP contribution in [-0.4, -0.2) is 37.7 Å². The van der Waals surface area contributed by atoms with Crippen molar-refractivity contribution in [2.75, 3.05) is 18.0 Å². The maximum absolute atomic E-state index is 13.6. The molecule has 0 spiro atoms. The number of azo groups is 1. The average molecular weight is 493 g/mol. The van der Waals surface area contributed by atoms with Crippen molar-refractivity contribution in [3.05, 3.63) is 78.4 Å². The van der Waals surface area contributed by atoms with Crippen molar-refractivity contribution in [3.63, 3.8) is 0 Å². The molecule has 3 aromatic carbocycles. The lowest BCUT2D eigenvalue weighted by Gasteiger charge is -2.24. The SMILES string of the molecule is COc1ccccc1N(CC(=O)N=Nc1c(O)n(C)c2ccccc12)S(=O)(=O)c1ccc(C)cc1. The van der Waals surface area contributed by atoms with Crippen LogP contribution in [0.1, 0.15) is 5.56 Å². The van der Waals surface area contributed by atoms with E-state index in [1.807, 2.05) is 13.0 Å². The van der Waals surface area contributed by atoms with Crippen LogP contribution < -0.4 is 9.04 Å². The first-order valence-corrected chi connectivity index (χ1v) is 12.1. The van der Waals surface area contributed by atoms with Crippen LogP contribution in [0.25, 0.3) is 10.9 Å². The second-order valence-corrected chi connectivity index (χ2v) is 9.70. The molecular formula is C25H24N4O5S. The zero-order valence-corrected chi connectivity index (χ0v) is 20.2. The summed E-state index contributed by atoms with van der Waals surface area (Å²) in [5.74, 6) is -0.699. The molecule has 0 saturated carbocycles. The van der Waals surface area contributed by atoms with Crippen LogP contribution in [0.15, 0.2) is 87.9 Å². The fraction of sp³-hybridized carbons (Fsp3) is 0.160. The number of hydrogen-bond acceptors (Lipinski definition) is 6. The predicted molar refractivity (Wildman–Crippen MR) is 133 cm³/mol. The summed E-state index contributed by atoms with van der Waals surface area (Å²) in [5.41, 5.74) is 1.92. The summed E-state index contributed by atoms with van der Waals surface area (Å²) in [4.78, 5) is 12.9. The third-order valence-electron chi connectivity index (χ3n) is 5.55. The lowest BCUT2D eigenvalue weighted by Crippen LogP contribution is -2.35. The quantitative estimate of drug-likeness (QED) is 0.376. The number of methoxy groups -OCH3 is 1. The van der Waals surface area contributed by atoms with Gasteiger partial charge < -0.3 is 14.4 Å². The minimum Gasteiger partial charge on any atom is -0.495 e. The van der Waals surface area contributed by atoms with E-state index in [2.05, 4.69) is 10.2 Å². The maximum atomic E-state index is 13.6. The van der Waals surface area contributed by atoms with Gasteiger partial charge in [-0.2, -0.15) is 0 Å². The Morgan fingerprint density at radius 3 is 2.40 bits per heavy atom. The van der Waals surface area contributed by atoms with E-state index >= 15 is 0 Å². The number of aromatic nitrogens is 1. The molecule has 0 aliphatic carbocycles. The van der Waals surface area contributed by atoms with E-state index in [1.165, 1.54) is 23.8 Å². The number of para-hydroxylation sites is 3. The molecule has 1 amide bonds. The number of sulfonamides is 1. The number of nitrogens with zero attached hydrogens (tertiary/aromatic N) is 4. The van der Waals surface area contributed by atoms with Gasteiger partial charge in [-0.3, -0.25) is 9.10 Å². The minimum atomic E-state index is -4.14. The number of amides is 1. The Kier molecular flexibility index (Phi) is 6.57. The van der Waals surface area contributed by atoms with Crippen LogP contribution in [0.2, 0.25) is 0 Å². The largest absolute Gasteiger partial charge is 0.495 e. The van der Waals surface area contributed by atoms with E-state index in [-0.39, 0.29) is 27.9 Å². The average Bonchev–Trinajstić information content (AvgIpc) is 3.11. The van der Waals surface area contributed by atoms with Crippen LogP contribution in [0.3, 0.4) is 0 Å². The molecular weight excluding hydrogens is 468 g/mol. The smallest absolute Gasteiger partial charge is 0.285 e. The fourth-order valence-electron chi connectivity index (χ4n) is 3.69. The standard InChI is InChI=1S/C25H24N4O5S/c1-17-12-14-18(15-13-17)35(32,33)29(21-10-6-7-11-22(21)34-3)16-23(30)26-27-24-19-8-4-5-9-20(19)28(2)25(24)31/h4-15,31H,16H2,1-3H3.